The molecular weight excluding hydrogens is 322 g/mol. The third kappa shape index (κ3) is 2.59. The summed E-state index contributed by atoms with van der Waals surface area (Å²) in [6, 6.07) is 2.81. The summed E-state index contributed by atoms with van der Waals surface area (Å²) in [6.07, 6.45) is 1.14. The number of hydrogen-bond donors (Lipinski definition) is 2. The summed E-state index contributed by atoms with van der Waals surface area (Å²) in [7, 11) is 1.27. The van der Waals surface area contributed by atoms with Gasteiger partial charge in [-0.1, -0.05) is 23.2 Å². The molecule has 8 heteroatoms. The lowest BCUT2D eigenvalue weighted by atomic mass is 10.0. The molecule has 0 saturated carbocycles. The van der Waals surface area contributed by atoms with Crippen LogP contribution in [0.1, 0.15) is 10.5 Å². The van der Waals surface area contributed by atoms with Crippen molar-refractivity contribution in [3.8, 4) is 16.9 Å². The van der Waals surface area contributed by atoms with E-state index in [-0.39, 0.29) is 32.6 Å². The van der Waals surface area contributed by atoms with E-state index in [0.29, 0.717) is 0 Å². The number of pyridine rings is 1. The molecule has 2 aromatic rings. The highest BCUT2D eigenvalue weighted by Gasteiger charge is 2.21. The van der Waals surface area contributed by atoms with Crippen molar-refractivity contribution in [3.63, 3.8) is 0 Å². The van der Waals surface area contributed by atoms with Gasteiger partial charge in [0.25, 0.3) is 0 Å². The minimum atomic E-state index is -1.33. The van der Waals surface area contributed by atoms with Gasteiger partial charge in [0, 0.05) is 17.3 Å². The smallest absolute Gasteiger partial charge is 0.356 e. The molecule has 1 aromatic heterocycles. The van der Waals surface area contributed by atoms with Crippen LogP contribution in [0.3, 0.4) is 0 Å². The minimum Gasteiger partial charge on any atom is -0.492 e. The molecule has 0 saturated heterocycles. The SMILES string of the molecule is COc1c(Cl)ccc(-c2cnc(C(=O)O)c(Cl)c2N)c1F. The Kier molecular flexibility index (Phi) is 4.20. The monoisotopic (exact) mass is 330 g/mol. The zero-order chi connectivity index (χ0) is 15.7. The molecule has 2 rings (SSSR count). The van der Waals surface area contributed by atoms with E-state index in [2.05, 4.69) is 4.98 Å². The summed E-state index contributed by atoms with van der Waals surface area (Å²) in [5, 5.41) is 8.75. The number of nitrogens with two attached hydrogens (primary N) is 1. The maximum Gasteiger partial charge on any atom is 0.356 e. The van der Waals surface area contributed by atoms with Gasteiger partial charge in [-0.3, -0.25) is 0 Å². The Morgan fingerprint density at radius 3 is 2.62 bits per heavy atom. The van der Waals surface area contributed by atoms with Crippen molar-refractivity contribution < 1.29 is 19.0 Å². The Morgan fingerprint density at radius 1 is 1.38 bits per heavy atom. The second kappa shape index (κ2) is 5.75. The van der Waals surface area contributed by atoms with Crippen LogP contribution in [-0.2, 0) is 0 Å². The number of rotatable bonds is 3. The van der Waals surface area contributed by atoms with Gasteiger partial charge in [-0.05, 0) is 12.1 Å². The number of carboxylic acids is 1. The van der Waals surface area contributed by atoms with Gasteiger partial charge >= 0.3 is 5.97 Å². The number of aromatic carboxylic acids is 1. The van der Waals surface area contributed by atoms with Crippen LogP contribution in [0.2, 0.25) is 10.0 Å². The van der Waals surface area contributed by atoms with Crippen molar-refractivity contribution in [2.75, 3.05) is 12.8 Å². The number of hydrogen-bond acceptors (Lipinski definition) is 4. The first kappa shape index (κ1) is 15.3. The van der Waals surface area contributed by atoms with Crippen molar-refractivity contribution in [1.29, 1.82) is 0 Å². The number of carboxylic acid groups (broad SMARTS) is 1. The quantitative estimate of drug-likeness (QED) is 0.899. The molecule has 1 heterocycles. The fourth-order valence-electron chi connectivity index (χ4n) is 1.79. The predicted molar refractivity (Wildman–Crippen MR) is 77.6 cm³/mol. The van der Waals surface area contributed by atoms with Crippen molar-refractivity contribution in [2.24, 2.45) is 0 Å². The van der Waals surface area contributed by atoms with Gasteiger partial charge in [-0.15, -0.1) is 0 Å². The number of methoxy groups -OCH3 is 1. The lowest BCUT2D eigenvalue weighted by molar-refractivity contribution is 0.0691. The molecule has 0 radical (unpaired) electrons. The summed E-state index contributed by atoms with van der Waals surface area (Å²) in [6.45, 7) is 0. The Morgan fingerprint density at radius 2 is 2.05 bits per heavy atom. The highest BCUT2D eigenvalue weighted by atomic mass is 35.5. The predicted octanol–water partition coefficient (Wildman–Crippen LogP) is 3.48. The van der Waals surface area contributed by atoms with E-state index in [4.69, 9.17) is 38.8 Å². The van der Waals surface area contributed by atoms with E-state index in [1.165, 1.54) is 19.2 Å². The van der Waals surface area contributed by atoms with Crippen LogP contribution in [0.15, 0.2) is 18.3 Å². The van der Waals surface area contributed by atoms with Crippen LogP contribution in [0.4, 0.5) is 10.1 Å². The Balaban J connectivity index is 2.69. The van der Waals surface area contributed by atoms with E-state index >= 15 is 0 Å². The molecule has 0 aliphatic heterocycles. The maximum atomic E-state index is 14.3. The average Bonchev–Trinajstić information content (AvgIpc) is 2.43. The fourth-order valence-corrected chi connectivity index (χ4v) is 2.25. The minimum absolute atomic E-state index is 0.0556. The average molecular weight is 331 g/mol. The van der Waals surface area contributed by atoms with E-state index in [9.17, 15) is 9.18 Å². The molecule has 110 valence electrons. The molecular formula is C13H9Cl2FN2O3. The normalized spacial score (nSPS) is 10.5. The summed E-state index contributed by atoms with van der Waals surface area (Å²) < 4.78 is 19.2. The van der Waals surface area contributed by atoms with E-state index < -0.39 is 17.5 Å². The Bertz CT molecular complexity index is 738. The zero-order valence-electron chi connectivity index (χ0n) is 10.7. The highest BCUT2D eigenvalue weighted by molar-refractivity contribution is 6.36. The van der Waals surface area contributed by atoms with Crippen molar-refractivity contribution in [2.45, 2.75) is 0 Å². The second-order valence-corrected chi connectivity index (χ2v) is 4.78. The van der Waals surface area contributed by atoms with Crippen LogP contribution in [0.5, 0.6) is 5.75 Å². The topological polar surface area (TPSA) is 85.4 Å². The molecule has 0 bridgehead atoms. The van der Waals surface area contributed by atoms with Gasteiger partial charge in [0.2, 0.25) is 0 Å². The lowest BCUT2D eigenvalue weighted by Crippen LogP contribution is -2.05. The van der Waals surface area contributed by atoms with Crippen LogP contribution in [0, 0.1) is 5.82 Å². The number of benzene rings is 1. The molecule has 0 atom stereocenters. The number of carbonyl (C=O) groups is 1. The van der Waals surface area contributed by atoms with Crippen molar-refractivity contribution >= 4 is 34.9 Å². The number of nitrogens with zero attached hydrogens (tertiary/aromatic N) is 1. The summed E-state index contributed by atoms with van der Waals surface area (Å²) in [4.78, 5) is 14.6. The number of halogens is 3. The summed E-state index contributed by atoms with van der Waals surface area (Å²) >= 11 is 11.7. The third-order valence-corrected chi connectivity index (χ3v) is 3.48. The van der Waals surface area contributed by atoms with Gasteiger partial charge in [0.1, 0.15) is 0 Å². The summed E-state index contributed by atoms with van der Waals surface area (Å²) in [5.41, 5.74) is 5.49. The van der Waals surface area contributed by atoms with E-state index in [0.717, 1.165) is 6.20 Å². The largest absolute Gasteiger partial charge is 0.492 e. The van der Waals surface area contributed by atoms with Gasteiger partial charge < -0.3 is 15.6 Å². The van der Waals surface area contributed by atoms with Gasteiger partial charge in [-0.2, -0.15) is 0 Å². The van der Waals surface area contributed by atoms with Gasteiger partial charge in [0.15, 0.2) is 17.3 Å². The zero-order valence-corrected chi connectivity index (χ0v) is 12.2. The number of ether oxygens (including phenoxy) is 1. The Labute approximate surface area is 129 Å². The molecule has 0 aliphatic carbocycles. The first-order valence-corrected chi connectivity index (χ1v) is 6.33. The highest BCUT2D eigenvalue weighted by Crippen LogP contribution is 2.39. The number of nitrogen functional groups attached to an aromatic ring is 1. The fraction of sp³-hybridized carbons (Fsp3) is 0.0769. The molecule has 0 aliphatic rings. The third-order valence-electron chi connectivity index (χ3n) is 2.80. The number of aromatic nitrogens is 1. The van der Waals surface area contributed by atoms with E-state index in [1.54, 1.807) is 0 Å². The number of anilines is 1. The second-order valence-electron chi connectivity index (χ2n) is 4.00. The molecule has 1 aromatic carbocycles. The molecule has 3 N–H and O–H groups in total. The van der Waals surface area contributed by atoms with Crippen LogP contribution < -0.4 is 10.5 Å². The van der Waals surface area contributed by atoms with Gasteiger partial charge in [-0.25, -0.2) is 14.2 Å². The molecule has 0 amide bonds. The van der Waals surface area contributed by atoms with Crippen LogP contribution in [-0.4, -0.2) is 23.2 Å². The van der Waals surface area contributed by atoms with Crippen molar-refractivity contribution in [3.05, 3.63) is 39.9 Å². The molecule has 0 spiro atoms. The van der Waals surface area contributed by atoms with Crippen LogP contribution >= 0.6 is 23.2 Å². The lowest BCUT2D eigenvalue weighted by Gasteiger charge is -2.12. The molecule has 21 heavy (non-hydrogen) atoms. The first-order valence-electron chi connectivity index (χ1n) is 5.58. The molecule has 5 nitrogen and oxygen atoms in total. The maximum absolute atomic E-state index is 14.3. The Hall–Kier alpha value is -2.05. The summed E-state index contributed by atoms with van der Waals surface area (Å²) in [5.74, 6) is -2.21. The standard InChI is InChI=1S/C13H9Cl2FN2O3/c1-21-12-7(14)3-2-5(9(12)16)6-4-18-11(13(19)20)8(15)10(6)17/h2-4H,1H3,(H2,17,18)(H,19,20). The van der Waals surface area contributed by atoms with Crippen molar-refractivity contribution in [1.82, 2.24) is 4.98 Å². The van der Waals surface area contributed by atoms with Crippen LogP contribution in [0.25, 0.3) is 11.1 Å². The molecule has 0 fully saturated rings. The molecule has 0 unspecified atom stereocenters. The first-order chi connectivity index (χ1) is 9.88. The van der Waals surface area contributed by atoms with Gasteiger partial charge in [0.05, 0.1) is 22.8 Å². The van der Waals surface area contributed by atoms with E-state index in [1.807, 2.05) is 0 Å².